The summed E-state index contributed by atoms with van der Waals surface area (Å²) >= 11 is 0. The topological polar surface area (TPSA) is 20.3 Å². The summed E-state index contributed by atoms with van der Waals surface area (Å²) in [6, 6.07) is 0. The van der Waals surface area contributed by atoms with Gasteiger partial charge in [-0.25, -0.2) is 4.57 Å². The van der Waals surface area contributed by atoms with Crippen molar-refractivity contribution in [3.63, 3.8) is 0 Å². The maximum atomic E-state index is 11.4. The van der Waals surface area contributed by atoms with Crippen LogP contribution in [0.3, 0.4) is 0 Å². The molecule has 80 valence electrons. The highest BCUT2D eigenvalue weighted by Crippen LogP contribution is 2.61. The molecular weight excluding hydrogens is 237 g/mol. The fourth-order valence-electron chi connectivity index (χ4n) is 0.408. The zero-order valence-electron chi connectivity index (χ0n) is 5.33. The Hall–Kier alpha value is -0.370. The molecule has 0 rings (SSSR count). The molecule has 0 aromatic carbocycles. The number of hydrogen-bond donors (Lipinski definition) is 0. The van der Waals surface area contributed by atoms with Crippen LogP contribution >= 0.6 is 7.91 Å². The lowest BCUT2D eigenvalue weighted by molar-refractivity contribution is -0.338. The number of nitrogens with zero attached hydrogens (tertiary/aromatic N) is 1. The zero-order chi connectivity index (χ0) is 11.1. The van der Waals surface area contributed by atoms with Crippen LogP contribution in [-0.2, 0) is 4.57 Å². The van der Waals surface area contributed by atoms with Gasteiger partial charge in [-0.15, -0.1) is 8.39 Å². The lowest BCUT2D eigenvalue weighted by atomic mass is 11.0. The van der Waals surface area contributed by atoms with Crippen molar-refractivity contribution in [2.75, 3.05) is 0 Å². The molecule has 0 heterocycles. The van der Waals surface area contributed by atoms with Crippen LogP contribution < -0.4 is 0 Å². The Bertz CT molecular complexity index is 209. The maximum Gasteiger partial charge on any atom is 0.497 e. The van der Waals surface area contributed by atoms with E-state index in [-0.39, 0.29) is 0 Å². The Morgan fingerprint density at radius 1 is 0.846 bits per heavy atom. The van der Waals surface area contributed by atoms with Gasteiger partial charge in [-0.2, -0.15) is 26.3 Å². The highest BCUT2D eigenvalue weighted by atomic mass is 31.2. The summed E-state index contributed by atoms with van der Waals surface area (Å²) in [7, 11) is -7.44. The minimum absolute atomic E-state index is 3.22. The van der Waals surface area contributed by atoms with Crippen LogP contribution in [0.5, 0.6) is 0 Å². The van der Waals surface area contributed by atoms with Gasteiger partial charge >= 0.3 is 20.5 Å². The maximum absolute atomic E-state index is 11.4. The van der Waals surface area contributed by atoms with Gasteiger partial charge < -0.3 is 0 Å². The van der Waals surface area contributed by atoms with Crippen molar-refractivity contribution in [2.24, 2.45) is 0 Å². The second kappa shape index (κ2) is 3.09. The normalized spacial score (nSPS) is 15.2. The van der Waals surface area contributed by atoms with Crippen LogP contribution in [0.15, 0.2) is 0 Å². The van der Waals surface area contributed by atoms with E-state index in [9.17, 15) is 39.3 Å². The number of hydrogen-bond acceptors (Lipinski definition) is 1. The molecule has 0 saturated carbocycles. The van der Waals surface area contributed by atoms with Crippen molar-refractivity contribution in [1.29, 1.82) is 0 Å². The second-order valence-corrected chi connectivity index (χ2v) is 2.95. The van der Waals surface area contributed by atoms with Crippen molar-refractivity contribution >= 4 is 7.91 Å². The monoisotopic (exact) mass is 237 g/mol. The fourth-order valence-corrected chi connectivity index (χ4v) is 0.936. The first-order valence-corrected chi connectivity index (χ1v) is 3.74. The minimum atomic E-state index is -7.44. The lowest BCUT2D eigenvalue weighted by Crippen LogP contribution is -2.43. The van der Waals surface area contributed by atoms with Gasteiger partial charge in [0.05, 0.1) is 0 Å². The molecule has 0 aliphatic rings. The Morgan fingerprint density at radius 2 is 1.08 bits per heavy atom. The zero-order valence-corrected chi connectivity index (χ0v) is 6.22. The summed E-state index contributed by atoms with van der Waals surface area (Å²) in [4.78, 5) is 0. The van der Waals surface area contributed by atoms with E-state index in [1.54, 1.807) is 0 Å². The minimum Gasteiger partial charge on any atom is -0.231 e. The molecule has 11 heteroatoms. The lowest BCUT2D eigenvalue weighted by Gasteiger charge is -2.23. The summed E-state index contributed by atoms with van der Waals surface area (Å²) in [5.74, 6) is 0. The Labute approximate surface area is 65.8 Å². The molecular formula is C2F8NOP. The highest BCUT2D eigenvalue weighted by Gasteiger charge is 2.64. The highest BCUT2D eigenvalue weighted by molar-refractivity contribution is 7.50. The summed E-state index contributed by atoms with van der Waals surface area (Å²) in [6.45, 7) is 0. The van der Waals surface area contributed by atoms with Crippen molar-refractivity contribution in [2.45, 2.75) is 12.6 Å². The van der Waals surface area contributed by atoms with Gasteiger partial charge in [0.1, 0.15) is 0 Å². The molecule has 0 saturated heterocycles. The van der Waals surface area contributed by atoms with Crippen LogP contribution in [0, 0.1) is 0 Å². The summed E-state index contributed by atoms with van der Waals surface area (Å²) in [5, 5.41) is 0. The van der Waals surface area contributed by atoms with Gasteiger partial charge in [0.25, 0.3) is 0 Å². The van der Waals surface area contributed by atoms with E-state index in [4.69, 9.17) is 0 Å². The molecule has 0 aromatic heterocycles. The van der Waals surface area contributed by atoms with Crippen LogP contribution in [0.4, 0.5) is 34.7 Å². The van der Waals surface area contributed by atoms with E-state index in [1.807, 2.05) is 0 Å². The van der Waals surface area contributed by atoms with Gasteiger partial charge in [-0.05, 0) is 4.67 Å². The van der Waals surface area contributed by atoms with E-state index >= 15 is 0 Å². The number of rotatable bonds is 1. The quantitative estimate of drug-likeness (QED) is 0.395. The van der Waals surface area contributed by atoms with Gasteiger partial charge in [0.15, 0.2) is 0 Å². The molecule has 0 N–H and O–H groups in total. The third-order valence-corrected chi connectivity index (χ3v) is 1.63. The third-order valence-electron chi connectivity index (χ3n) is 0.713. The first-order valence-electron chi connectivity index (χ1n) is 2.30. The largest absolute Gasteiger partial charge is 0.497 e. The molecule has 2 nitrogen and oxygen atoms in total. The molecule has 0 spiro atoms. The molecule has 0 radical (unpaired) electrons. The average Bonchev–Trinajstić information content (AvgIpc) is 1.44. The van der Waals surface area contributed by atoms with Crippen LogP contribution in [0.25, 0.3) is 0 Å². The van der Waals surface area contributed by atoms with Gasteiger partial charge in [0.2, 0.25) is 0 Å². The number of halogens is 8. The number of alkyl halides is 6. The summed E-state index contributed by atoms with van der Waals surface area (Å²) in [5.41, 5.74) is 0. The Morgan fingerprint density at radius 3 is 1.08 bits per heavy atom. The third kappa shape index (κ3) is 3.47. The predicted octanol–water partition coefficient (Wildman–Crippen LogP) is 3.38. The van der Waals surface area contributed by atoms with Gasteiger partial charge in [0, 0.05) is 0 Å². The average molecular weight is 237 g/mol. The summed E-state index contributed by atoms with van der Waals surface area (Å²) in [6.07, 6.45) is -12.8. The molecule has 0 bridgehead atoms. The molecule has 0 aliphatic carbocycles. The molecule has 0 atom stereocenters. The smallest absolute Gasteiger partial charge is 0.231 e. The molecule has 0 amide bonds. The standard InChI is InChI=1S/C2F8NOP/c3-1(4,5)11(2(6,7)8)13(9,10)12. The van der Waals surface area contributed by atoms with Crippen LogP contribution in [-0.4, -0.2) is 17.3 Å². The van der Waals surface area contributed by atoms with E-state index < -0.39 is 25.2 Å². The van der Waals surface area contributed by atoms with Crippen molar-refractivity contribution in [3.05, 3.63) is 0 Å². The first kappa shape index (κ1) is 12.6. The molecule has 0 unspecified atom stereocenters. The van der Waals surface area contributed by atoms with E-state index in [0.29, 0.717) is 0 Å². The molecule has 13 heavy (non-hydrogen) atoms. The van der Waals surface area contributed by atoms with Crippen molar-refractivity contribution in [3.8, 4) is 0 Å². The summed E-state index contributed by atoms with van der Waals surface area (Å²) < 4.78 is 96.6. The van der Waals surface area contributed by atoms with E-state index in [0.717, 1.165) is 0 Å². The molecule has 0 aliphatic heterocycles. The Kier molecular flexibility index (Phi) is 3.00. The second-order valence-electron chi connectivity index (χ2n) is 1.68. The van der Waals surface area contributed by atoms with Gasteiger partial charge in [-0.1, -0.05) is 0 Å². The Balaban J connectivity index is 5.15. The van der Waals surface area contributed by atoms with Crippen molar-refractivity contribution < 1.29 is 39.3 Å². The molecule has 0 fully saturated rings. The van der Waals surface area contributed by atoms with E-state index in [2.05, 4.69) is 0 Å². The first-order chi connectivity index (χ1) is 5.37. The van der Waals surface area contributed by atoms with E-state index in [1.165, 1.54) is 0 Å². The van der Waals surface area contributed by atoms with Crippen molar-refractivity contribution in [1.82, 2.24) is 4.67 Å². The van der Waals surface area contributed by atoms with Crippen LogP contribution in [0.1, 0.15) is 0 Å². The predicted molar refractivity (Wildman–Crippen MR) is 23.8 cm³/mol. The van der Waals surface area contributed by atoms with Crippen LogP contribution in [0.2, 0.25) is 0 Å². The SMILES string of the molecule is O=P(F)(F)N(C(F)(F)F)C(F)(F)F. The fraction of sp³-hybridized carbons (Fsp3) is 1.00. The molecule has 0 aromatic rings. The van der Waals surface area contributed by atoms with Gasteiger partial charge in [-0.3, -0.25) is 0 Å².